The molecule has 2 heterocycles. The van der Waals surface area contributed by atoms with E-state index in [1.807, 2.05) is 12.1 Å². The average molecular weight is 434 g/mol. The van der Waals surface area contributed by atoms with Gasteiger partial charge in [-0.3, -0.25) is 9.59 Å². The number of carbonyl (C=O) groups is 2. The van der Waals surface area contributed by atoms with Crippen LogP contribution in [0.3, 0.4) is 0 Å². The predicted octanol–water partition coefficient (Wildman–Crippen LogP) is 2.09. The Balaban J connectivity index is 1.59. The summed E-state index contributed by atoms with van der Waals surface area (Å²) in [7, 11) is 0. The molecule has 2 atom stereocenters. The van der Waals surface area contributed by atoms with Crippen molar-refractivity contribution in [1.82, 2.24) is 10.6 Å². The van der Waals surface area contributed by atoms with Gasteiger partial charge in [-0.2, -0.15) is 10.5 Å². The lowest BCUT2D eigenvalue weighted by molar-refractivity contribution is -0.118. The maximum Gasteiger partial charge on any atom is 0.262 e. The van der Waals surface area contributed by atoms with Crippen LogP contribution in [-0.2, 0) is 19.1 Å². The normalized spacial score (nSPS) is 20.9. The summed E-state index contributed by atoms with van der Waals surface area (Å²) in [6.07, 6.45) is 6.76. The van der Waals surface area contributed by atoms with Crippen molar-refractivity contribution in [3.05, 3.63) is 46.5 Å². The van der Waals surface area contributed by atoms with Crippen molar-refractivity contribution in [3.63, 3.8) is 0 Å². The Bertz CT molecular complexity index is 878. The smallest absolute Gasteiger partial charge is 0.262 e. The second-order valence-electron chi connectivity index (χ2n) is 7.70. The topological polar surface area (TPSA) is 124 Å². The van der Waals surface area contributed by atoms with E-state index in [4.69, 9.17) is 9.47 Å². The van der Waals surface area contributed by atoms with Gasteiger partial charge in [0.25, 0.3) is 11.8 Å². The van der Waals surface area contributed by atoms with Crippen molar-refractivity contribution in [2.75, 3.05) is 26.3 Å². The first kappa shape index (κ1) is 23.2. The van der Waals surface area contributed by atoms with Crippen LogP contribution in [0.15, 0.2) is 35.4 Å². The number of carbonyl (C=O) groups excluding carboxylic acids is 2. The first-order valence-electron chi connectivity index (χ1n) is 10.7. The molecule has 8 nitrogen and oxygen atoms in total. The Morgan fingerprint density at radius 2 is 1.25 bits per heavy atom. The fourth-order valence-corrected chi connectivity index (χ4v) is 3.53. The molecule has 0 radical (unpaired) electrons. The molecular weight excluding hydrogens is 408 g/mol. The van der Waals surface area contributed by atoms with Gasteiger partial charge in [0.15, 0.2) is 0 Å². The maximum absolute atomic E-state index is 12.3. The monoisotopic (exact) mass is 434 g/mol. The summed E-state index contributed by atoms with van der Waals surface area (Å²) in [5.41, 5.74) is 1.31. The SMILES string of the molecule is N#CC(=Cc1ccc(C=C(C#N)C(=O)NCC2CCCO2)cc1)C(=O)NCC1CCCO1. The van der Waals surface area contributed by atoms with Crippen LogP contribution in [0.1, 0.15) is 36.8 Å². The molecular formula is C24H26N4O4. The van der Waals surface area contributed by atoms with Gasteiger partial charge in [-0.15, -0.1) is 0 Å². The van der Waals surface area contributed by atoms with E-state index in [9.17, 15) is 20.1 Å². The lowest BCUT2D eigenvalue weighted by Crippen LogP contribution is -2.32. The number of ether oxygens (including phenoxy) is 2. The summed E-state index contributed by atoms with van der Waals surface area (Å²) in [4.78, 5) is 24.5. The molecule has 1 aromatic carbocycles. The quantitative estimate of drug-likeness (QED) is 0.477. The number of hydrogen-bond donors (Lipinski definition) is 2. The Morgan fingerprint density at radius 1 is 0.844 bits per heavy atom. The zero-order valence-corrected chi connectivity index (χ0v) is 17.8. The van der Waals surface area contributed by atoms with Crippen LogP contribution >= 0.6 is 0 Å². The second kappa shape index (κ2) is 11.8. The summed E-state index contributed by atoms with van der Waals surface area (Å²) in [6.45, 7) is 2.17. The van der Waals surface area contributed by atoms with Gasteiger partial charge >= 0.3 is 0 Å². The molecule has 0 spiro atoms. The van der Waals surface area contributed by atoms with E-state index in [0.29, 0.717) is 37.4 Å². The van der Waals surface area contributed by atoms with E-state index in [0.717, 1.165) is 25.7 Å². The van der Waals surface area contributed by atoms with E-state index in [1.165, 1.54) is 12.2 Å². The minimum atomic E-state index is -0.443. The van der Waals surface area contributed by atoms with Crippen molar-refractivity contribution in [2.24, 2.45) is 0 Å². The Kier molecular flexibility index (Phi) is 8.56. The van der Waals surface area contributed by atoms with Gasteiger partial charge in [0.2, 0.25) is 0 Å². The van der Waals surface area contributed by atoms with Crippen LogP contribution in [0.5, 0.6) is 0 Å². The van der Waals surface area contributed by atoms with Gasteiger partial charge in [-0.1, -0.05) is 24.3 Å². The van der Waals surface area contributed by atoms with Crippen molar-refractivity contribution in [1.29, 1.82) is 10.5 Å². The summed E-state index contributed by atoms with van der Waals surface area (Å²) >= 11 is 0. The van der Waals surface area contributed by atoms with Gasteiger partial charge in [0, 0.05) is 26.3 Å². The molecule has 2 saturated heterocycles. The number of hydrogen-bond acceptors (Lipinski definition) is 6. The van der Waals surface area contributed by atoms with Crippen molar-refractivity contribution in [3.8, 4) is 12.1 Å². The standard InChI is InChI=1S/C24H26N4O4/c25-13-19(23(29)27-15-21-3-1-9-31-21)11-17-5-7-18(8-6-17)12-20(14-26)24(30)28-16-22-4-2-10-32-22/h5-8,11-12,21-22H,1-4,9-10,15-16H2,(H,27,29)(H,28,30). The highest BCUT2D eigenvalue weighted by Crippen LogP contribution is 2.14. The van der Waals surface area contributed by atoms with Gasteiger partial charge in [-0.05, 0) is 49.0 Å². The molecule has 2 fully saturated rings. The molecule has 166 valence electrons. The molecule has 2 N–H and O–H groups in total. The van der Waals surface area contributed by atoms with E-state index >= 15 is 0 Å². The minimum absolute atomic E-state index is 0.00202. The van der Waals surface area contributed by atoms with E-state index in [1.54, 1.807) is 24.3 Å². The summed E-state index contributed by atoms with van der Waals surface area (Å²) in [6, 6.07) is 10.7. The third-order valence-corrected chi connectivity index (χ3v) is 5.32. The lowest BCUT2D eigenvalue weighted by atomic mass is 10.1. The number of nitriles is 2. The molecule has 0 bridgehead atoms. The van der Waals surface area contributed by atoms with Crippen molar-refractivity contribution < 1.29 is 19.1 Å². The number of amides is 2. The van der Waals surface area contributed by atoms with Crippen molar-refractivity contribution in [2.45, 2.75) is 37.9 Å². The van der Waals surface area contributed by atoms with Crippen LogP contribution in [0.2, 0.25) is 0 Å². The summed E-state index contributed by atoms with van der Waals surface area (Å²) in [5, 5.41) is 24.1. The zero-order valence-electron chi connectivity index (χ0n) is 17.8. The summed E-state index contributed by atoms with van der Waals surface area (Å²) < 4.78 is 10.9. The lowest BCUT2D eigenvalue weighted by Gasteiger charge is -2.10. The van der Waals surface area contributed by atoms with Gasteiger partial charge in [0.1, 0.15) is 23.3 Å². The van der Waals surface area contributed by atoms with Crippen LogP contribution in [0.25, 0.3) is 12.2 Å². The molecule has 2 amide bonds. The predicted molar refractivity (Wildman–Crippen MR) is 118 cm³/mol. The van der Waals surface area contributed by atoms with E-state index in [-0.39, 0.29) is 23.4 Å². The molecule has 32 heavy (non-hydrogen) atoms. The highest BCUT2D eigenvalue weighted by atomic mass is 16.5. The Morgan fingerprint density at radius 3 is 1.56 bits per heavy atom. The molecule has 2 aliphatic heterocycles. The maximum atomic E-state index is 12.3. The molecule has 2 aliphatic rings. The highest BCUT2D eigenvalue weighted by Gasteiger charge is 2.18. The second-order valence-corrected chi connectivity index (χ2v) is 7.70. The van der Waals surface area contributed by atoms with Crippen LogP contribution < -0.4 is 10.6 Å². The van der Waals surface area contributed by atoms with Gasteiger partial charge in [-0.25, -0.2) is 0 Å². The van der Waals surface area contributed by atoms with Crippen LogP contribution in [-0.4, -0.2) is 50.3 Å². The molecule has 2 unspecified atom stereocenters. The molecule has 3 rings (SSSR count). The van der Waals surface area contributed by atoms with Crippen LogP contribution in [0.4, 0.5) is 0 Å². The molecule has 0 aliphatic carbocycles. The van der Waals surface area contributed by atoms with E-state index < -0.39 is 11.8 Å². The Hall–Kier alpha value is -3.46. The summed E-state index contributed by atoms with van der Waals surface area (Å²) in [5.74, 6) is -0.886. The number of nitrogens with zero attached hydrogens (tertiary/aromatic N) is 2. The number of nitrogens with one attached hydrogen (secondary N) is 2. The van der Waals surface area contributed by atoms with Crippen molar-refractivity contribution >= 4 is 24.0 Å². The van der Waals surface area contributed by atoms with Gasteiger partial charge < -0.3 is 20.1 Å². The van der Waals surface area contributed by atoms with Gasteiger partial charge in [0.05, 0.1) is 12.2 Å². The first-order chi connectivity index (χ1) is 15.6. The number of rotatable bonds is 8. The fraction of sp³-hybridized carbons (Fsp3) is 0.417. The Labute approximate surface area is 187 Å². The molecule has 1 aromatic rings. The minimum Gasteiger partial charge on any atom is -0.376 e. The highest BCUT2D eigenvalue weighted by molar-refractivity contribution is 6.02. The fourth-order valence-electron chi connectivity index (χ4n) is 3.53. The third-order valence-electron chi connectivity index (χ3n) is 5.32. The number of benzene rings is 1. The molecule has 0 saturated carbocycles. The third kappa shape index (κ3) is 6.78. The first-order valence-corrected chi connectivity index (χ1v) is 10.7. The zero-order chi connectivity index (χ0) is 22.8. The largest absolute Gasteiger partial charge is 0.376 e. The van der Waals surface area contributed by atoms with E-state index in [2.05, 4.69) is 10.6 Å². The van der Waals surface area contributed by atoms with Crippen LogP contribution in [0, 0.1) is 22.7 Å². The molecule has 0 aromatic heterocycles. The molecule has 8 heteroatoms. The average Bonchev–Trinajstić information content (AvgIpc) is 3.53.